The lowest BCUT2D eigenvalue weighted by molar-refractivity contribution is 0.0262. The molecule has 0 saturated carbocycles. The Kier molecular flexibility index (Phi) is 4.32. The van der Waals surface area contributed by atoms with Gasteiger partial charge in [0.1, 0.15) is 0 Å². The Labute approximate surface area is 128 Å². The first kappa shape index (κ1) is 14.1. The van der Waals surface area contributed by atoms with Crippen molar-refractivity contribution in [1.29, 1.82) is 0 Å². The summed E-state index contributed by atoms with van der Waals surface area (Å²) in [5.41, 5.74) is 5.38. The van der Waals surface area contributed by atoms with Crippen molar-refractivity contribution in [1.82, 2.24) is 10.4 Å². The zero-order valence-corrected chi connectivity index (χ0v) is 14.2. The van der Waals surface area contributed by atoms with Crippen LogP contribution >= 0.6 is 27.3 Å². The summed E-state index contributed by atoms with van der Waals surface area (Å²) in [4.78, 5) is 1.58. The standard InChI is InChI=1S/C15H23BrN2S/c1-10-5-3-6-11(2)18(10)17-13-7-4-8-14-12(13)9-15(16)19-14/h9-11,13,17H,3-8H2,1-2H3. The zero-order chi connectivity index (χ0) is 13.4. The molecule has 1 aromatic rings. The third-order valence-corrected chi connectivity index (χ3v) is 6.30. The smallest absolute Gasteiger partial charge is 0.0704 e. The van der Waals surface area contributed by atoms with Crippen molar-refractivity contribution in [2.75, 3.05) is 0 Å². The normalized spacial score (nSPS) is 32.3. The first-order valence-electron chi connectivity index (χ1n) is 7.47. The van der Waals surface area contributed by atoms with Gasteiger partial charge in [0.2, 0.25) is 0 Å². The molecule has 2 nitrogen and oxygen atoms in total. The summed E-state index contributed by atoms with van der Waals surface area (Å²) < 4.78 is 1.28. The minimum absolute atomic E-state index is 0.522. The number of piperidine rings is 1. The molecule has 1 fully saturated rings. The molecule has 1 saturated heterocycles. The highest BCUT2D eigenvalue weighted by atomic mass is 79.9. The highest BCUT2D eigenvalue weighted by Crippen LogP contribution is 2.38. The van der Waals surface area contributed by atoms with E-state index in [9.17, 15) is 0 Å². The van der Waals surface area contributed by atoms with E-state index in [1.165, 1.54) is 47.9 Å². The van der Waals surface area contributed by atoms with Gasteiger partial charge in [-0.2, -0.15) is 0 Å². The molecular formula is C15H23BrN2S. The number of nitrogens with one attached hydrogen (secondary N) is 1. The quantitative estimate of drug-likeness (QED) is 0.840. The average Bonchev–Trinajstić information content (AvgIpc) is 2.75. The van der Waals surface area contributed by atoms with Gasteiger partial charge in [-0.1, -0.05) is 6.42 Å². The number of halogens is 1. The summed E-state index contributed by atoms with van der Waals surface area (Å²) in [6, 6.07) is 4.18. The lowest BCUT2D eigenvalue weighted by Gasteiger charge is -2.42. The number of rotatable bonds is 2. The van der Waals surface area contributed by atoms with Crippen LogP contribution in [0.2, 0.25) is 0 Å². The van der Waals surface area contributed by atoms with Crippen LogP contribution in [0.15, 0.2) is 9.85 Å². The number of hydrogen-bond acceptors (Lipinski definition) is 3. The molecule has 0 radical (unpaired) electrons. The van der Waals surface area contributed by atoms with Crippen molar-refractivity contribution < 1.29 is 0 Å². The monoisotopic (exact) mass is 342 g/mol. The lowest BCUT2D eigenvalue weighted by Crippen LogP contribution is -2.53. The molecule has 0 amide bonds. The van der Waals surface area contributed by atoms with Gasteiger partial charge in [0, 0.05) is 23.0 Å². The van der Waals surface area contributed by atoms with Gasteiger partial charge >= 0.3 is 0 Å². The second kappa shape index (κ2) is 5.84. The van der Waals surface area contributed by atoms with E-state index in [4.69, 9.17) is 0 Å². The molecule has 0 bridgehead atoms. The molecule has 1 aromatic heterocycles. The van der Waals surface area contributed by atoms with Crippen LogP contribution in [0.25, 0.3) is 0 Å². The molecule has 1 aliphatic heterocycles. The van der Waals surface area contributed by atoms with Crippen LogP contribution in [-0.2, 0) is 6.42 Å². The fourth-order valence-electron chi connectivity index (χ4n) is 3.51. The number of aryl methyl sites for hydroxylation is 1. The maximum Gasteiger partial charge on any atom is 0.0704 e. The summed E-state index contributed by atoms with van der Waals surface area (Å²) in [6.45, 7) is 4.71. The maximum absolute atomic E-state index is 3.85. The number of thiophene rings is 1. The maximum atomic E-state index is 3.85. The fourth-order valence-corrected chi connectivity index (χ4v) is 5.33. The van der Waals surface area contributed by atoms with E-state index in [0.29, 0.717) is 18.1 Å². The first-order valence-corrected chi connectivity index (χ1v) is 9.08. The summed E-state index contributed by atoms with van der Waals surface area (Å²) in [5, 5.41) is 2.52. The molecule has 0 aromatic carbocycles. The van der Waals surface area contributed by atoms with Crippen molar-refractivity contribution in [3.8, 4) is 0 Å². The van der Waals surface area contributed by atoms with Crippen LogP contribution in [0, 0.1) is 0 Å². The molecule has 3 atom stereocenters. The molecule has 1 N–H and O–H groups in total. The predicted octanol–water partition coefficient (Wildman–Crippen LogP) is 4.66. The summed E-state index contributed by atoms with van der Waals surface area (Å²) in [5.74, 6) is 0. The lowest BCUT2D eigenvalue weighted by atomic mass is 9.94. The van der Waals surface area contributed by atoms with Crippen molar-refractivity contribution in [2.45, 2.75) is 70.5 Å². The molecule has 2 heterocycles. The van der Waals surface area contributed by atoms with Crippen molar-refractivity contribution >= 4 is 27.3 Å². The molecule has 19 heavy (non-hydrogen) atoms. The topological polar surface area (TPSA) is 15.3 Å². The largest absolute Gasteiger partial charge is 0.247 e. The van der Waals surface area contributed by atoms with Crippen molar-refractivity contribution in [2.24, 2.45) is 0 Å². The molecule has 4 heteroatoms. The number of fused-ring (bicyclic) bond motifs is 1. The zero-order valence-electron chi connectivity index (χ0n) is 11.8. The number of nitrogens with zero attached hydrogens (tertiary/aromatic N) is 1. The van der Waals surface area contributed by atoms with Crippen molar-refractivity contribution in [3.05, 3.63) is 20.3 Å². The van der Waals surface area contributed by atoms with Gasteiger partial charge in [-0.3, -0.25) is 0 Å². The molecular weight excluding hydrogens is 320 g/mol. The van der Waals surface area contributed by atoms with Gasteiger partial charge in [0.25, 0.3) is 0 Å². The van der Waals surface area contributed by atoms with E-state index < -0.39 is 0 Å². The minimum atomic E-state index is 0.522. The molecule has 3 rings (SSSR count). The predicted molar refractivity (Wildman–Crippen MR) is 85.4 cm³/mol. The Morgan fingerprint density at radius 3 is 2.68 bits per heavy atom. The van der Waals surface area contributed by atoms with E-state index in [1.807, 2.05) is 11.3 Å². The van der Waals surface area contributed by atoms with E-state index >= 15 is 0 Å². The van der Waals surface area contributed by atoms with Gasteiger partial charge in [-0.15, -0.1) is 11.3 Å². The van der Waals surface area contributed by atoms with Gasteiger partial charge in [0.05, 0.1) is 3.79 Å². The highest BCUT2D eigenvalue weighted by Gasteiger charge is 2.29. The van der Waals surface area contributed by atoms with E-state index in [0.717, 1.165) is 0 Å². The number of hydrogen-bond donors (Lipinski definition) is 1. The van der Waals surface area contributed by atoms with Gasteiger partial charge < -0.3 is 0 Å². The second-order valence-electron chi connectivity index (χ2n) is 6.04. The minimum Gasteiger partial charge on any atom is -0.247 e. The Morgan fingerprint density at radius 2 is 1.95 bits per heavy atom. The van der Waals surface area contributed by atoms with Crippen molar-refractivity contribution in [3.63, 3.8) is 0 Å². The van der Waals surface area contributed by atoms with E-state index in [1.54, 1.807) is 4.88 Å². The molecule has 106 valence electrons. The Bertz CT molecular complexity index is 435. The summed E-state index contributed by atoms with van der Waals surface area (Å²) in [6.07, 6.45) is 7.87. The van der Waals surface area contributed by atoms with Crippen LogP contribution in [0.4, 0.5) is 0 Å². The Morgan fingerprint density at radius 1 is 1.21 bits per heavy atom. The van der Waals surface area contributed by atoms with E-state index in [2.05, 4.69) is 46.3 Å². The summed E-state index contributed by atoms with van der Waals surface area (Å²) >= 11 is 5.56. The number of hydrazine groups is 1. The fraction of sp³-hybridized carbons (Fsp3) is 0.733. The molecule has 2 aliphatic rings. The first-order chi connectivity index (χ1) is 9.15. The third kappa shape index (κ3) is 2.92. The van der Waals surface area contributed by atoms with Gasteiger partial charge in [-0.25, -0.2) is 10.4 Å². The van der Waals surface area contributed by atoms with Crippen LogP contribution in [-0.4, -0.2) is 17.1 Å². The highest BCUT2D eigenvalue weighted by molar-refractivity contribution is 9.11. The second-order valence-corrected chi connectivity index (χ2v) is 8.56. The molecule has 0 spiro atoms. The Balaban J connectivity index is 1.76. The van der Waals surface area contributed by atoms with Crippen LogP contribution in [0.3, 0.4) is 0 Å². The van der Waals surface area contributed by atoms with Crippen LogP contribution in [0.5, 0.6) is 0 Å². The molecule has 1 aliphatic carbocycles. The molecule has 3 unspecified atom stereocenters. The van der Waals surface area contributed by atoms with E-state index in [-0.39, 0.29) is 0 Å². The Hall–Kier alpha value is 0.100. The SMILES string of the molecule is CC1CCCC(C)N1NC1CCCc2sc(Br)cc21. The average molecular weight is 343 g/mol. The third-order valence-electron chi connectivity index (χ3n) is 4.58. The summed E-state index contributed by atoms with van der Waals surface area (Å²) in [7, 11) is 0. The van der Waals surface area contributed by atoms with Gasteiger partial charge in [-0.05, 0) is 73.5 Å². The van der Waals surface area contributed by atoms with Gasteiger partial charge in [0.15, 0.2) is 0 Å². The van der Waals surface area contributed by atoms with Crippen LogP contribution in [0.1, 0.15) is 62.4 Å². The van der Waals surface area contributed by atoms with Crippen LogP contribution < -0.4 is 5.43 Å².